The van der Waals surface area contributed by atoms with Crippen LogP contribution in [0.15, 0.2) is 12.1 Å². The van der Waals surface area contributed by atoms with Crippen LogP contribution in [0, 0.1) is 0 Å². The summed E-state index contributed by atoms with van der Waals surface area (Å²) in [5, 5.41) is 0.714. The Balaban J connectivity index is 3.38. The van der Waals surface area contributed by atoms with Crippen LogP contribution in [-0.4, -0.2) is 11.8 Å². The first-order valence-electron chi connectivity index (χ1n) is 3.29. The third-order valence-electron chi connectivity index (χ3n) is 1.42. The maximum absolute atomic E-state index is 11.0. The van der Waals surface area contributed by atoms with E-state index in [1.807, 2.05) is 0 Å². The summed E-state index contributed by atoms with van der Waals surface area (Å²) in [6.45, 7) is 0. The van der Waals surface area contributed by atoms with Crippen molar-refractivity contribution in [2.45, 2.75) is 0 Å². The number of benzene rings is 1. The van der Waals surface area contributed by atoms with Crippen molar-refractivity contribution < 1.29 is 9.53 Å². The second-order valence-electron chi connectivity index (χ2n) is 2.24. The third-order valence-corrected chi connectivity index (χ3v) is 2.35. The van der Waals surface area contributed by atoms with Crippen LogP contribution in [-0.2, 0) is 0 Å². The van der Waals surface area contributed by atoms with Crippen LogP contribution in [0.3, 0.4) is 0 Å². The lowest BCUT2D eigenvalue weighted by atomic mass is 10.2. The normalized spacial score (nSPS) is 9.85. The number of hydrogen-bond acceptors (Lipinski definition) is 2. The summed E-state index contributed by atoms with van der Waals surface area (Å²) in [5.41, 5.74) is 0.319. The molecule has 0 fully saturated rings. The molecule has 1 aromatic carbocycles. The lowest BCUT2D eigenvalue weighted by Gasteiger charge is -2.07. The summed E-state index contributed by atoms with van der Waals surface area (Å²) >= 11 is 14.3. The van der Waals surface area contributed by atoms with E-state index in [-0.39, 0.29) is 4.69 Å². The van der Waals surface area contributed by atoms with Crippen LogP contribution in [0.25, 0.3) is 0 Å². The van der Waals surface area contributed by atoms with Crippen LogP contribution < -0.4 is 4.74 Å². The molecule has 0 N–H and O–H groups in total. The van der Waals surface area contributed by atoms with Crippen molar-refractivity contribution in [3.05, 3.63) is 27.7 Å². The van der Waals surface area contributed by atoms with Gasteiger partial charge >= 0.3 is 0 Å². The number of ether oxygens (including phenoxy) is 1. The van der Waals surface area contributed by atoms with E-state index in [0.717, 1.165) is 0 Å². The Kier molecular flexibility index (Phi) is 3.59. The minimum atomic E-state index is -0.311. The van der Waals surface area contributed by atoms with Crippen molar-refractivity contribution >= 4 is 43.8 Å². The van der Waals surface area contributed by atoms with Gasteiger partial charge in [-0.25, -0.2) is 0 Å². The summed E-state index contributed by atoms with van der Waals surface area (Å²) < 4.78 is 4.64. The van der Waals surface area contributed by atoms with E-state index in [9.17, 15) is 4.79 Å². The highest BCUT2D eigenvalue weighted by atomic mass is 79.9. The van der Waals surface area contributed by atoms with Crippen molar-refractivity contribution in [3.8, 4) is 5.75 Å². The molecule has 0 amide bonds. The lowest BCUT2D eigenvalue weighted by Crippen LogP contribution is -1.95. The van der Waals surface area contributed by atoms with Crippen molar-refractivity contribution in [1.82, 2.24) is 0 Å². The summed E-state index contributed by atoms with van der Waals surface area (Å²) in [4.78, 5) is 11.0. The van der Waals surface area contributed by atoms with Gasteiger partial charge in [-0.1, -0.05) is 23.2 Å². The highest BCUT2D eigenvalue weighted by Crippen LogP contribution is 2.33. The largest absolute Gasteiger partial charge is 0.494 e. The number of rotatable bonds is 2. The average Bonchev–Trinajstić information content (AvgIpc) is 2.02. The van der Waals surface area contributed by atoms with Gasteiger partial charge in [0.2, 0.25) is 4.69 Å². The van der Waals surface area contributed by atoms with Crippen LogP contribution in [0.2, 0.25) is 10.0 Å². The monoisotopic (exact) mass is 282 g/mol. The standard InChI is InChI=1S/C8H5BrCl2O2/c1-13-7-5(8(9)12)2-4(10)3-6(7)11/h2-3H,1H3. The zero-order valence-corrected chi connectivity index (χ0v) is 9.70. The molecule has 0 spiro atoms. The van der Waals surface area contributed by atoms with E-state index in [1.165, 1.54) is 19.2 Å². The molecule has 0 bridgehead atoms. The molecule has 0 aliphatic rings. The van der Waals surface area contributed by atoms with E-state index in [1.54, 1.807) is 0 Å². The predicted octanol–water partition coefficient (Wildman–Crippen LogP) is 3.54. The lowest BCUT2D eigenvalue weighted by molar-refractivity contribution is 0.109. The van der Waals surface area contributed by atoms with Crippen LogP contribution in [0.1, 0.15) is 10.4 Å². The zero-order chi connectivity index (χ0) is 10.0. The molecule has 0 unspecified atom stereocenters. The zero-order valence-electron chi connectivity index (χ0n) is 6.61. The van der Waals surface area contributed by atoms with Gasteiger partial charge in [-0.3, -0.25) is 4.79 Å². The average molecular weight is 284 g/mol. The fourth-order valence-electron chi connectivity index (χ4n) is 0.914. The van der Waals surface area contributed by atoms with Crippen LogP contribution >= 0.6 is 39.1 Å². The van der Waals surface area contributed by atoms with E-state index < -0.39 is 0 Å². The second-order valence-corrected chi connectivity index (χ2v) is 3.81. The summed E-state index contributed by atoms with van der Waals surface area (Å²) in [5.74, 6) is 0.327. The highest BCUT2D eigenvalue weighted by molar-refractivity contribution is 9.18. The first-order chi connectivity index (χ1) is 6.06. The molecule has 0 saturated carbocycles. The van der Waals surface area contributed by atoms with Gasteiger partial charge in [0.25, 0.3) is 0 Å². The molecule has 1 aromatic rings. The molecule has 0 heterocycles. The van der Waals surface area contributed by atoms with Gasteiger partial charge in [0.15, 0.2) is 0 Å². The number of carbonyl (C=O) groups excluding carboxylic acids is 1. The number of halogens is 3. The van der Waals surface area contributed by atoms with Gasteiger partial charge < -0.3 is 4.74 Å². The quantitative estimate of drug-likeness (QED) is 0.776. The topological polar surface area (TPSA) is 26.3 Å². The Morgan fingerprint density at radius 3 is 2.54 bits per heavy atom. The van der Waals surface area contributed by atoms with Crippen LogP contribution in [0.5, 0.6) is 5.75 Å². The summed E-state index contributed by atoms with van der Waals surface area (Å²) in [7, 11) is 1.44. The molecule has 0 radical (unpaired) electrons. The highest BCUT2D eigenvalue weighted by Gasteiger charge is 2.13. The Labute approximate surface area is 93.9 Å². The first-order valence-corrected chi connectivity index (χ1v) is 4.84. The van der Waals surface area contributed by atoms with Crippen molar-refractivity contribution in [3.63, 3.8) is 0 Å². The first kappa shape index (κ1) is 10.8. The minimum absolute atomic E-state index is 0.311. The van der Waals surface area contributed by atoms with Gasteiger partial charge in [0, 0.05) is 5.02 Å². The van der Waals surface area contributed by atoms with Gasteiger partial charge in [-0.05, 0) is 28.1 Å². The van der Waals surface area contributed by atoms with Gasteiger partial charge in [0.1, 0.15) is 5.75 Å². The second kappa shape index (κ2) is 4.31. The minimum Gasteiger partial charge on any atom is -0.494 e. The molecule has 13 heavy (non-hydrogen) atoms. The molecule has 0 saturated heterocycles. The van der Waals surface area contributed by atoms with E-state index in [2.05, 4.69) is 15.9 Å². The smallest absolute Gasteiger partial charge is 0.231 e. The van der Waals surface area contributed by atoms with Gasteiger partial charge in [-0.15, -0.1) is 0 Å². The SMILES string of the molecule is COc1c(Cl)cc(Cl)cc1C(=O)Br. The molecule has 5 heteroatoms. The molecule has 1 rings (SSSR count). The fraction of sp³-hybridized carbons (Fsp3) is 0.125. The molecular formula is C8H5BrCl2O2. The third kappa shape index (κ3) is 2.36. The van der Waals surface area contributed by atoms with Crippen LogP contribution in [0.4, 0.5) is 0 Å². The van der Waals surface area contributed by atoms with E-state index in [4.69, 9.17) is 27.9 Å². The summed E-state index contributed by atoms with van der Waals surface area (Å²) in [6, 6.07) is 3.00. The molecule has 0 atom stereocenters. The van der Waals surface area contributed by atoms with Gasteiger partial charge in [0.05, 0.1) is 17.7 Å². The molecule has 2 nitrogen and oxygen atoms in total. The molecular weight excluding hydrogens is 279 g/mol. The van der Waals surface area contributed by atoms with Gasteiger partial charge in [-0.2, -0.15) is 0 Å². The van der Waals surface area contributed by atoms with Crippen molar-refractivity contribution in [2.75, 3.05) is 7.11 Å². The Morgan fingerprint density at radius 1 is 1.46 bits per heavy atom. The van der Waals surface area contributed by atoms with E-state index >= 15 is 0 Å². The molecule has 0 aliphatic heterocycles. The van der Waals surface area contributed by atoms with Crippen molar-refractivity contribution in [1.29, 1.82) is 0 Å². The molecule has 0 aliphatic carbocycles. The van der Waals surface area contributed by atoms with Crippen molar-refractivity contribution in [2.24, 2.45) is 0 Å². The Bertz CT molecular complexity index is 352. The van der Waals surface area contributed by atoms with E-state index in [0.29, 0.717) is 21.4 Å². The maximum Gasteiger partial charge on any atom is 0.231 e. The summed E-state index contributed by atoms with van der Waals surface area (Å²) in [6.07, 6.45) is 0. The number of carbonyl (C=O) groups is 1. The number of methoxy groups -OCH3 is 1. The maximum atomic E-state index is 11.0. The number of hydrogen-bond donors (Lipinski definition) is 0. The molecule has 0 aromatic heterocycles. The fourth-order valence-corrected chi connectivity index (χ4v) is 1.78. The Hall–Kier alpha value is -0.250. The Morgan fingerprint density at radius 2 is 2.08 bits per heavy atom. The predicted molar refractivity (Wildman–Crippen MR) is 56.3 cm³/mol. The molecule has 70 valence electrons.